The fraction of sp³-hybridized carbons (Fsp3) is 0.406. The van der Waals surface area contributed by atoms with E-state index in [4.69, 9.17) is 5.21 Å². The minimum absolute atomic E-state index is 0.501. The summed E-state index contributed by atoms with van der Waals surface area (Å²) in [5, 5.41) is 8.70. The number of hydrogen-bond donors (Lipinski definition) is 4. The van der Waals surface area contributed by atoms with Crippen LogP contribution in [0.2, 0.25) is 0 Å². The van der Waals surface area contributed by atoms with E-state index in [1.165, 1.54) is 45.3 Å². The number of carbonyl (C=O) groups excluding carboxylic acids is 1. The summed E-state index contributed by atoms with van der Waals surface area (Å²) in [6.45, 7) is 7.51. The quantitative estimate of drug-likeness (QED) is 0.191. The van der Waals surface area contributed by atoms with Crippen molar-refractivity contribution in [3.8, 4) is 0 Å². The average molecular weight is 513 g/mol. The van der Waals surface area contributed by atoms with Crippen molar-refractivity contribution in [1.82, 2.24) is 20.3 Å². The molecule has 0 saturated carbocycles. The van der Waals surface area contributed by atoms with Crippen LogP contribution in [0, 0.1) is 11.8 Å². The highest BCUT2D eigenvalue weighted by Gasteiger charge is 2.19. The summed E-state index contributed by atoms with van der Waals surface area (Å²) in [5.74, 6) is 0.692. The molecule has 2 unspecified atom stereocenters. The Hall–Kier alpha value is -3.35. The summed E-state index contributed by atoms with van der Waals surface area (Å²) in [5.41, 5.74) is 12.5. The first-order valence-corrected chi connectivity index (χ1v) is 14.0. The first kappa shape index (κ1) is 26.3. The molecule has 6 heteroatoms. The normalized spacial score (nSPS) is 20.4. The smallest absolute Gasteiger partial charge is 0.267 e. The molecule has 38 heavy (non-hydrogen) atoms. The fourth-order valence-corrected chi connectivity index (χ4v) is 5.82. The van der Waals surface area contributed by atoms with E-state index in [1.54, 1.807) is 11.6 Å². The number of aromatic nitrogens is 2. The van der Waals surface area contributed by atoms with Crippen LogP contribution in [0.5, 0.6) is 0 Å². The molecule has 0 spiro atoms. The molecule has 0 fully saturated rings. The van der Waals surface area contributed by atoms with Crippen LogP contribution in [0.3, 0.4) is 0 Å². The van der Waals surface area contributed by atoms with Crippen LogP contribution >= 0.6 is 0 Å². The summed E-state index contributed by atoms with van der Waals surface area (Å²) in [6, 6.07) is 0. The van der Waals surface area contributed by atoms with Crippen LogP contribution in [0.25, 0.3) is 12.2 Å². The number of H-pyrrole nitrogens is 2. The topological polar surface area (TPSA) is 84.2 Å². The van der Waals surface area contributed by atoms with Gasteiger partial charge in [0.1, 0.15) is 0 Å². The second-order valence-electron chi connectivity index (χ2n) is 11.1. The van der Waals surface area contributed by atoms with E-state index in [9.17, 15) is 4.79 Å². The molecule has 3 aliphatic rings. The van der Waals surface area contributed by atoms with Gasteiger partial charge in [0.05, 0.1) is 0 Å². The average Bonchev–Trinajstić information content (AvgIpc) is 3.52. The lowest BCUT2D eigenvalue weighted by atomic mass is 9.93. The molecule has 5 rings (SSSR count). The van der Waals surface area contributed by atoms with Crippen molar-refractivity contribution in [2.24, 2.45) is 11.8 Å². The van der Waals surface area contributed by atoms with Gasteiger partial charge in [-0.1, -0.05) is 62.0 Å². The van der Waals surface area contributed by atoms with Crippen LogP contribution in [-0.4, -0.2) is 45.6 Å². The number of fused-ring (bicyclic) bond motifs is 2. The van der Waals surface area contributed by atoms with Gasteiger partial charge in [-0.05, 0) is 78.2 Å². The molecule has 2 heterocycles. The predicted molar refractivity (Wildman–Crippen MR) is 154 cm³/mol. The van der Waals surface area contributed by atoms with E-state index in [0.29, 0.717) is 11.8 Å². The van der Waals surface area contributed by atoms with Crippen molar-refractivity contribution < 1.29 is 10.0 Å². The Balaban J connectivity index is 1.27. The Kier molecular flexibility index (Phi) is 8.30. The van der Waals surface area contributed by atoms with E-state index in [1.807, 2.05) is 0 Å². The van der Waals surface area contributed by atoms with Crippen molar-refractivity contribution >= 4 is 18.1 Å². The van der Waals surface area contributed by atoms with Gasteiger partial charge in [-0.2, -0.15) is 0 Å². The Labute approximate surface area is 225 Å². The minimum Gasteiger partial charge on any atom is -0.364 e. The summed E-state index contributed by atoms with van der Waals surface area (Å²) in [7, 11) is 0. The van der Waals surface area contributed by atoms with Crippen LogP contribution in [0.4, 0.5) is 0 Å². The largest absolute Gasteiger partial charge is 0.364 e. The molecule has 6 nitrogen and oxygen atoms in total. The minimum atomic E-state index is -0.501. The van der Waals surface area contributed by atoms with Gasteiger partial charge in [-0.3, -0.25) is 14.9 Å². The highest BCUT2D eigenvalue weighted by Crippen LogP contribution is 2.28. The van der Waals surface area contributed by atoms with E-state index >= 15 is 0 Å². The molecule has 2 atom stereocenters. The maximum atomic E-state index is 11.3. The van der Waals surface area contributed by atoms with Crippen molar-refractivity contribution in [3.05, 3.63) is 93.6 Å². The van der Waals surface area contributed by atoms with Gasteiger partial charge in [0.2, 0.25) is 0 Å². The number of allylic oxidation sites excluding steroid dienone is 6. The summed E-state index contributed by atoms with van der Waals surface area (Å²) in [6.07, 6.45) is 27.3. The summed E-state index contributed by atoms with van der Waals surface area (Å²) >= 11 is 0. The van der Waals surface area contributed by atoms with Gasteiger partial charge in [0, 0.05) is 49.5 Å². The maximum absolute atomic E-state index is 11.3. The molecule has 2 aromatic heterocycles. The number of amides is 1. The third-order valence-electron chi connectivity index (χ3n) is 8.07. The lowest BCUT2D eigenvalue weighted by molar-refractivity contribution is -0.124. The van der Waals surface area contributed by atoms with Gasteiger partial charge in [0.15, 0.2) is 0 Å². The molecule has 0 saturated heterocycles. The highest BCUT2D eigenvalue weighted by atomic mass is 16.5. The molecule has 0 aliphatic heterocycles. The van der Waals surface area contributed by atoms with E-state index in [0.717, 1.165) is 63.7 Å². The SMILES string of the molecule is CC1C=Cc2c(CCN(CCc3c[nH]c4c3C=CC(C)C4)CC3=CC=C(C=CC(=O)NO)CC3)c[nH]c2C1. The Bertz CT molecular complexity index is 1230. The Morgan fingerprint density at radius 2 is 1.58 bits per heavy atom. The third kappa shape index (κ3) is 6.37. The highest BCUT2D eigenvalue weighted by molar-refractivity contribution is 5.86. The number of aromatic amines is 2. The Morgan fingerprint density at radius 1 is 0.974 bits per heavy atom. The molecule has 3 aliphatic carbocycles. The number of nitrogens with one attached hydrogen (secondary N) is 3. The Morgan fingerprint density at radius 3 is 2.11 bits per heavy atom. The van der Waals surface area contributed by atoms with Gasteiger partial charge in [-0.25, -0.2) is 5.48 Å². The zero-order valence-electron chi connectivity index (χ0n) is 22.6. The molecular formula is C32H40N4O2. The second-order valence-corrected chi connectivity index (χ2v) is 11.1. The molecule has 1 amide bonds. The molecule has 0 aromatic carbocycles. The number of carbonyl (C=O) groups is 1. The van der Waals surface area contributed by atoms with E-state index in [-0.39, 0.29) is 0 Å². The zero-order chi connectivity index (χ0) is 26.5. The molecule has 0 bridgehead atoms. The molecular weight excluding hydrogens is 472 g/mol. The number of nitrogens with zero attached hydrogens (tertiary/aromatic N) is 1. The summed E-state index contributed by atoms with van der Waals surface area (Å²) in [4.78, 5) is 21.0. The zero-order valence-corrected chi connectivity index (χ0v) is 22.6. The summed E-state index contributed by atoms with van der Waals surface area (Å²) < 4.78 is 0. The lowest BCUT2D eigenvalue weighted by Crippen LogP contribution is -2.31. The number of rotatable bonds is 10. The maximum Gasteiger partial charge on any atom is 0.267 e. The van der Waals surface area contributed by atoms with Crippen molar-refractivity contribution in [2.75, 3.05) is 19.6 Å². The van der Waals surface area contributed by atoms with Crippen molar-refractivity contribution in [3.63, 3.8) is 0 Å². The van der Waals surface area contributed by atoms with Gasteiger partial charge in [-0.15, -0.1) is 0 Å². The standard InChI is InChI=1S/C32H40N4O2/c1-22-3-10-28-26(19-33-30(28)17-22)13-15-36(16-14-27-20-34-31-18-23(2)4-11-29(27)31)21-25-7-5-24(6-8-25)9-12-32(37)35-38/h3-5,7,9-12,19-20,22-23,33-34,38H,6,8,13-18,21H2,1-2H3,(H,35,37). The van der Waals surface area contributed by atoms with E-state index in [2.05, 4.69) is 77.6 Å². The molecule has 0 radical (unpaired) electrons. The van der Waals surface area contributed by atoms with Gasteiger partial charge in [0.25, 0.3) is 5.91 Å². The lowest BCUT2D eigenvalue weighted by Gasteiger charge is -2.25. The first-order chi connectivity index (χ1) is 18.5. The third-order valence-corrected chi connectivity index (χ3v) is 8.07. The molecule has 200 valence electrons. The van der Waals surface area contributed by atoms with Crippen LogP contribution < -0.4 is 5.48 Å². The predicted octanol–water partition coefficient (Wildman–Crippen LogP) is 5.55. The van der Waals surface area contributed by atoms with Crippen molar-refractivity contribution in [2.45, 2.75) is 52.4 Å². The van der Waals surface area contributed by atoms with Crippen LogP contribution in [-0.2, 0) is 30.5 Å². The van der Waals surface area contributed by atoms with Gasteiger partial charge >= 0.3 is 0 Å². The second kappa shape index (κ2) is 12.0. The molecule has 2 aromatic rings. The molecule has 4 N–H and O–H groups in total. The van der Waals surface area contributed by atoms with Crippen molar-refractivity contribution in [1.29, 1.82) is 0 Å². The van der Waals surface area contributed by atoms with Gasteiger partial charge < -0.3 is 9.97 Å². The first-order valence-electron chi connectivity index (χ1n) is 14.0. The number of hydrogen-bond acceptors (Lipinski definition) is 3. The monoisotopic (exact) mass is 512 g/mol. The van der Waals surface area contributed by atoms with E-state index < -0.39 is 5.91 Å². The fourth-order valence-electron chi connectivity index (χ4n) is 5.82. The van der Waals surface area contributed by atoms with Crippen LogP contribution in [0.15, 0.2) is 60.0 Å². The number of hydroxylamine groups is 1. The van der Waals surface area contributed by atoms with Crippen LogP contribution in [0.1, 0.15) is 60.3 Å².